The molecular formula is C13H23N2+. The van der Waals surface area contributed by atoms with E-state index in [9.17, 15) is 0 Å². The summed E-state index contributed by atoms with van der Waals surface area (Å²) in [6, 6.07) is 0. The largest absolute Gasteiger partial charge is 0.344 e. The van der Waals surface area contributed by atoms with Gasteiger partial charge in [0.2, 0.25) is 0 Å². The zero-order valence-corrected chi connectivity index (χ0v) is 10.3. The predicted octanol–water partition coefficient (Wildman–Crippen LogP) is 4.00. The molecule has 0 aromatic heterocycles. The molecule has 0 spiro atoms. The summed E-state index contributed by atoms with van der Waals surface area (Å²) in [6.45, 7) is 6.72. The van der Waals surface area contributed by atoms with Crippen LogP contribution in [0.15, 0.2) is 16.9 Å². The van der Waals surface area contributed by atoms with Gasteiger partial charge in [-0.1, -0.05) is 33.6 Å². The molecule has 2 nitrogen and oxygen atoms in total. The highest BCUT2D eigenvalue weighted by atomic mass is 15.1. The van der Waals surface area contributed by atoms with Gasteiger partial charge in [-0.2, -0.15) is 0 Å². The second-order valence-electron chi connectivity index (χ2n) is 4.72. The predicted molar refractivity (Wildman–Crippen MR) is 64.0 cm³/mol. The van der Waals surface area contributed by atoms with E-state index in [4.69, 9.17) is 0 Å². The summed E-state index contributed by atoms with van der Waals surface area (Å²) >= 11 is 0. The molecule has 0 radical (unpaired) electrons. The first-order valence-electron chi connectivity index (χ1n) is 6.20. The van der Waals surface area contributed by atoms with Crippen molar-refractivity contribution in [3.63, 3.8) is 0 Å². The lowest BCUT2D eigenvalue weighted by Crippen LogP contribution is -1.93. The van der Waals surface area contributed by atoms with Gasteiger partial charge in [-0.15, -0.1) is 0 Å². The normalized spacial score (nSPS) is 14.7. The fourth-order valence-electron chi connectivity index (χ4n) is 1.62. The molecule has 15 heavy (non-hydrogen) atoms. The Labute approximate surface area is 93.2 Å². The number of rotatable bonds is 7. The molecule has 0 N–H and O–H groups in total. The SMILES string of the molecule is CCCCCC1=[N+]=NC(CCC(C)C)=C1. The molecule has 0 aromatic carbocycles. The van der Waals surface area contributed by atoms with Gasteiger partial charge in [-0.3, -0.25) is 0 Å². The maximum atomic E-state index is 4.22. The smallest absolute Gasteiger partial charge is 0.0654 e. The standard InChI is InChI=1S/C13H23N2/c1-4-5-6-7-12-10-13(15-14-12)9-8-11(2)3/h10-11H,4-9H2,1-3H3/q+1. The van der Waals surface area contributed by atoms with Crippen molar-refractivity contribution in [2.45, 2.75) is 59.3 Å². The minimum atomic E-state index is 0.755. The summed E-state index contributed by atoms with van der Waals surface area (Å²) < 4.78 is 0. The minimum absolute atomic E-state index is 0.755. The molecule has 1 aliphatic rings. The topological polar surface area (TPSA) is 26.5 Å². The summed E-state index contributed by atoms with van der Waals surface area (Å²) in [7, 11) is 0. The van der Waals surface area contributed by atoms with E-state index in [2.05, 4.69) is 36.8 Å². The van der Waals surface area contributed by atoms with Gasteiger partial charge in [0.1, 0.15) is 10.8 Å². The highest BCUT2D eigenvalue weighted by Gasteiger charge is 2.17. The Balaban J connectivity index is 2.24. The highest BCUT2D eigenvalue weighted by molar-refractivity contribution is 5.91. The Morgan fingerprint density at radius 3 is 2.73 bits per heavy atom. The summed E-state index contributed by atoms with van der Waals surface area (Å²) in [5.41, 5.74) is 2.36. The van der Waals surface area contributed by atoms with Gasteiger partial charge < -0.3 is 0 Å². The second kappa shape index (κ2) is 6.58. The number of hydrogen-bond acceptors (Lipinski definition) is 1. The molecule has 0 saturated heterocycles. The zero-order chi connectivity index (χ0) is 11.1. The highest BCUT2D eigenvalue weighted by Crippen LogP contribution is 2.15. The van der Waals surface area contributed by atoms with E-state index in [-0.39, 0.29) is 0 Å². The van der Waals surface area contributed by atoms with Crippen LogP contribution < -0.4 is 0 Å². The first-order chi connectivity index (χ1) is 7.22. The van der Waals surface area contributed by atoms with Crippen LogP contribution in [0.4, 0.5) is 0 Å². The molecular weight excluding hydrogens is 184 g/mol. The van der Waals surface area contributed by atoms with Crippen LogP contribution >= 0.6 is 0 Å². The van der Waals surface area contributed by atoms with Gasteiger partial charge in [0.15, 0.2) is 0 Å². The van der Waals surface area contributed by atoms with Crippen LogP contribution in [-0.2, 0) is 0 Å². The van der Waals surface area contributed by atoms with Gasteiger partial charge in [0, 0.05) is 0 Å². The molecule has 0 unspecified atom stereocenters. The van der Waals surface area contributed by atoms with Gasteiger partial charge in [-0.05, 0) is 25.2 Å². The fourth-order valence-corrected chi connectivity index (χ4v) is 1.62. The van der Waals surface area contributed by atoms with Gasteiger partial charge in [0.05, 0.1) is 17.3 Å². The Morgan fingerprint density at radius 1 is 1.27 bits per heavy atom. The number of allylic oxidation sites excluding steroid dienone is 2. The average Bonchev–Trinajstić information content (AvgIpc) is 2.63. The number of unbranched alkanes of at least 4 members (excludes halogenated alkanes) is 2. The maximum Gasteiger partial charge on any atom is 0.344 e. The monoisotopic (exact) mass is 207 g/mol. The quantitative estimate of drug-likeness (QED) is 0.445. The molecule has 1 rings (SSSR count). The van der Waals surface area contributed by atoms with Gasteiger partial charge in [-0.25, -0.2) is 0 Å². The van der Waals surface area contributed by atoms with Crippen molar-refractivity contribution in [2.24, 2.45) is 11.0 Å². The molecule has 1 heterocycles. The van der Waals surface area contributed by atoms with Crippen molar-refractivity contribution in [1.82, 2.24) is 0 Å². The Kier molecular flexibility index (Phi) is 5.34. The van der Waals surface area contributed by atoms with E-state index in [1.54, 1.807) is 0 Å². The molecule has 0 fully saturated rings. The lowest BCUT2D eigenvalue weighted by molar-refractivity contribution is -0.0785. The van der Waals surface area contributed by atoms with Gasteiger partial charge in [0.25, 0.3) is 0 Å². The van der Waals surface area contributed by atoms with Crippen LogP contribution in [0.25, 0.3) is 0 Å². The Morgan fingerprint density at radius 2 is 2.07 bits per heavy atom. The van der Waals surface area contributed by atoms with Crippen LogP contribution in [0.3, 0.4) is 0 Å². The summed E-state index contributed by atoms with van der Waals surface area (Å²) in [5, 5.41) is 4.22. The molecule has 0 amide bonds. The van der Waals surface area contributed by atoms with E-state index in [0.29, 0.717) is 0 Å². The van der Waals surface area contributed by atoms with Crippen LogP contribution in [0.1, 0.15) is 59.3 Å². The van der Waals surface area contributed by atoms with Crippen molar-refractivity contribution >= 4 is 5.71 Å². The molecule has 84 valence electrons. The first-order valence-corrected chi connectivity index (χ1v) is 6.20. The summed E-state index contributed by atoms with van der Waals surface area (Å²) in [6.07, 6.45) is 9.40. The molecule has 0 aromatic rings. The van der Waals surface area contributed by atoms with E-state index >= 15 is 0 Å². The van der Waals surface area contributed by atoms with Crippen LogP contribution in [0.5, 0.6) is 0 Å². The molecule has 0 atom stereocenters. The first kappa shape index (κ1) is 12.2. The van der Waals surface area contributed by atoms with Crippen molar-refractivity contribution in [2.75, 3.05) is 0 Å². The Hall–Kier alpha value is -0.880. The third-order valence-electron chi connectivity index (χ3n) is 2.65. The van der Waals surface area contributed by atoms with Crippen LogP contribution in [0, 0.1) is 5.92 Å². The van der Waals surface area contributed by atoms with E-state index in [1.807, 2.05) is 0 Å². The third kappa shape index (κ3) is 4.94. The Bertz CT molecular complexity index is 281. The lowest BCUT2D eigenvalue weighted by Gasteiger charge is -1.99. The molecule has 2 heteroatoms. The van der Waals surface area contributed by atoms with E-state index in [0.717, 1.165) is 18.8 Å². The van der Waals surface area contributed by atoms with E-state index in [1.165, 1.54) is 37.1 Å². The van der Waals surface area contributed by atoms with Crippen molar-refractivity contribution < 1.29 is 4.79 Å². The zero-order valence-electron chi connectivity index (χ0n) is 10.3. The van der Waals surface area contributed by atoms with Crippen LogP contribution in [-0.4, -0.2) is 10.5 Å². The fraction of sp³-hybridized carbons (Fsp3) is 0.769. The van der Waals surface area contributed by atoms with Crippen LogP contribution in [0.2, 0.25) is 0 Å². The average molecular weight is 207 g/mol. The van der Waals surface area contributed by atoms with E-state index < -0.39 is 0 Å². The van der Waals surface area contributed by atoms with Gasteiger partial charge >= 0.3 is 5.71 Å². The van der Waals surface area contributed by atoms with Crippen molar-refractivity contribution in [1.29, 1.82) is 0 Å². The number of hydrogen-bond donors (Lipinski definition) is 0. The second-order valence-corrected chi connectivity index (χ2v) is 4.72. The number of nitrogens with zero attached hydrogens (tertiary/aromatic N) is 2. The minimum Gasteiger partial charge on any atom is -0.0654 e. The summed E-state index contributed by atoms with van der Waals surface area (Å²) in [4.78, 5) is 4.22. The summed E-state index contributed by atoms with van der Waals surface area (Å²) in [5.74, 6) is 0.755. The molecule has 0 aliphatic carbocycles. The molecule has 1 aliphatic heterocycles. The maximum absolute atomic E-state index is 4.22. The van der Waals surface area contributed by atoms with Crippen molar-refractivity contribution in [3.05, 3.63) is 11.8 Å². The third-order valence-corrected chi connectivity index (χ3v) is 2.65. The lowest BCUT2D eigenvalue weighted by atomic mass is 10.1. The van der Waals surface area contributed by atoms with Crippen molar-refractivity contribution in [3.8, 4) is 0 Å². The molecule has 0 bridgehead atoms. The molecule has 0 saturated carbocycles.